The lowest BCUT2D eigenvalue weighted by Crippen LogP contribution is -2.36. The van der Waals surface area contributed by atoms with Crippen LogP contribution < -0.4 is 14.5 Å². The lowest BCUT2D eigenvalue weighted by molar-refractivity contribution is -0.120. The van der Waals surface area contributed by atoms with Crippen LogP contribution in [0.4, 0.5) is 11.4 Å². The van der Waals surface area contributed by atoms with Crippen LogP contribution in [0, 0.1) is 0 Å². The van der Waals surface area contributed by atoms with Gasteiger partial charge in [-0.1, -0.05) is 44.2 Å². The second-order valence-electron chi connectivity index (χ2n) is 11.2. The Balaban J connectivity index is 1.64. The molecule has 0 saturated heterocycles. The minimum atomic E-state index is -0.179. The number of hydrogen-bond acceptors (Lipinski definition) is 4. The van der Waals surface area contributed by atoms with Gasteiger partial charge in [0.05, 0.1) is 12.5 Å². The number of amides is 1. The fraction of sp³-hybridized carbons (Fsp3) is 0.424. The zero-order valence-electron chi connectivity index (χ0n) is 23.9. The van der Waals surface area contributed by atoms with Crippen molar-refractivity contribution < 1.29 is 9.53 Å². The zero-order chi connectivity index (χ0) is 27.2. The lowest BCUT2D eigenvalue weighted by Gasteiger charge is -2.32. The summed E-state index contributed by atoms with van der Waals surface area (Å²) in [5.74, 6) is 1.27. The molecule has 0 heterocycles. The highest BCUT2D eigenvalue weighted by molar-refractivity contribution is 5.98. The maximum atomic E-state index is 14.3. The van der Waals surface area contributed by atoms with Crippen molar-refractivity contribution in [3.63, 3.8) is 0 Å². The van der Waals surface area contributed by atoms with Gasteiger partial charge in [0.25, 0.3) is 0 Å². The molecule has 38 heavy (non-hydrogen) atoms. The number of aryl methyl sites for hydroxylation is 1. The highest BCUT2D eigenvalue weighted by atomic mass is 16.5. The predicted octanol–water partition coefficient (Wildman–Crippen LogP) is 6.47. The second kappa shape index (κ2) is 12.5. The number of benzene rings is 3. The fourth-order valence-electron chi connectivity index (χ4n) is 5.08. The van der Waals surface area contributed by atoms with Gasteiger partial charge in [0.15, 0.2) is 0 Å². The first-order valence-corrected chi connectivity index (χ1v) is 13.8. The van der Waals surface area contributed by atoms with E-state index in [0.717, 1.165) is 54.1 Å². The number of nitrogens with zero attached hydrogens (tertiary/aromatic N) is 3. The van der Waals surface area contributed by atoms with E-state index >= 15 is 0 Å². The number of likely N-dealkylation sites (N-methyl/N-ethyl adjacent to an activating group) is 1. The van der Waals surface area contributed by atoms with E-state index in [2.05, 4.69) is 90.4 Å². The molecule has 3 aromatic carbocycles. The molecule has 0 aliphatic heterocycles. The third-order valence-corrected chi connectivity index (χ3v) is 7.47. The lowest BCUT2D eigenvalue weighted by atomic mass is 9.81. The van der Waals surface area contributed by atoms with Crippen LogP contribution in [0.25, 0.3) is 0 Å². The second-order valence-corrected chi connectivity index (χ2v) is 11.2. The minimum absolute atomic E-state index is 0.158. The summed E-state index contributed by atoms with van der Waals surface area (Å²) in [6, 6.07) is 23.3. The molecule has 1 amide bonds. The number of ether oxygens (including phenoxy) is 1. The van der Waals surface area contributed by atoms with Crippen LogP contribution in [0.1, 0.15) is 60.8 Å². The van der Waals surface area contributed by atoms with E-state index in [4.69, 9.17) is 4.74 Å². The van der Waals surface area contributed by atoms with Gasteiger partial charge < -0.3 is 19.4 Å². The molecule has 5 heteroatoms. The van der Waals surface area contributed by atoms with Crippen molar-refractivity contribution in [3.05, 3.63) is 89.0 Å². The van der Waals surface area contributed by atoms with Crippen LogP contribution in [0.2, 0.25) is 0 Å². The van der Waals surface area contributed by atoms with Gasteiger partial charge in [-0.25, -0.2) is 0 Å². The summed E-state index contributed by atoms with van der Waals surface area (Å²) in [7, 11) is 8.17. The Hall–Kier alpha value is -3.31. The number of hydrogen-bond donors (Lipinski definition) is 0. The number of anilines is 2. The Bertz CT molecular complexity index is 1200. The molecule has 5 nitrogen and oxygen atoms in total. The highest BCUT2D eigenvalue weighted by Gasteiger charge is 2.31. The minimum Gasteiger partial charge on any atom is -0.492 e. The molecular formula is C33H43N3O2. The fourth-order valence-corrected chi connectivity index (χ4v) is 5.08. The molecular weight excluding hydrogens is 470 g/mol. The van der Waals surface area contributed by atoms with E-state index in [0.29, 0.717) is 19.1 Å². The summed E-state index contributed by atoms with van der Waals surface area (Å²) in [6.07, 6.45) is 2.88. The summed E-state index contributed by atoms with van der Waals surface area (Å²) in [5, 5.41) is 0. The summed E-state index contributed by atoms with van der Waals surface area (Å²) >= 11 is 0. The Morgan fingerprint density at radius 3 is 2.24 bits per heavy atom. The molecule has 202 valence electrons. The van der Waals surface area contributed by atoms with Gasteiger partial charge in [-0.15, -0.1) is 0 Å². The van der Waals surface area contributed by atoms with Gasteiger partial charge in [0.1, 0.15) is 12.4 Å². The molecule has 0 bridgehead atoms. The third kappa shape index (κ3) is 6.76. The van der Waals surface area contributed by atoms with Crippen molar-refractivity contribution in [1.29, 1.82) is 0 Å². The normalized spacial score (nSPS) is 14.9. The van der Waals surface area contributed by atoms with Crippen LogP contribution in [0.5, 0.6) is 5.75 Å². The summed E-state index contributed by atoms with van der Waals surface area (Å²) in [4.78, 5) is 20.5. The van der Waals surface area contributed by atoms with E-state index < -0.39 is 0 Å². The van der Waals surface area contributed by atoms with Crippen LogP contribution in [-0.4, -0.2) is 52.1 Å². The SMILES string of the molecule is CC(C)c1ccc(N(Cc2ccc(N(C)C)cc2)C(=O)C2CCCc3ccc(OCCN(C)C)cc32)cc1. The van der Waals surface area contributed by atoms with Crippen molar-refractivity contribution in [3.8, 4) is 5.75 Å². The molecule has 0 fully saturated rings. The molecule has 0 spiro atoms. The molecule has 1 aliphatic rings. The van der Waals surface area contributed by atoms with Gasteiger partial charge in [0.2, 0.25) is 5.91 Å². The van der Waals surface area contributed by atoms with E-state index in [1.165, 1.54) is 11.1 Å². The molecule has 0 N–H and O–H groups in total. The van der Waals surface area contributed by atoms with E-state index in [9.17, 15) is 4.79 Å². The Morgan fingerprint density at radius 1 is 0.921 bits per heavy atom. The average Bonchev–Trinajstić information content (AvgIpc) is 2.91. The maximum absolute atomic E-state index is 14.3. The van der Waals surface area contributed by atoms with Gasteiger partial charge in [-0.05, 0) is 97.9 Å². The maximum Gasteiger partial charge on any atom is 0.234 e. The monoisotopic (exact) mass is 513 g/mol. The first-order chi connectivity index (χ1) is 18.2. The standard InChI is InChI=1S/C33H43N3O2/c1-24(2)26-12-17-29(18-13-26)36(23-25-10-15-28(16-11-25)35(5)6)33(37)31-9-7-8-27-14-19-30(22-32(27)31)38-21-20-34(3)4/h10-19,22,24,31H,7-9,20-21,23H2,1-6H3. The molecule has 0 aromatic heterocycles. The summed E-state index contributed by atoms with van der Waals surface area (Å²) in [5.41, 5.74) is 6.88. The van der Waals surface area contributed by atoms with Crippen LogP contribution in [-0.2, 0) is 17.8 Å². The number of fused-ring (bicyclic) bond motifs is 1. The average molecular weight is 514 g/mol. The van der Waals surface area contributed by atoms with Crippen molar-refractivity contribution >= 4 is 17.3 Å². The van der Waals surface area contributed by atoms with Gasteiger partial charge in [-0.3, -0.25) is 4.79 Å². The number of carbonyl (C=O) groups excluding carboxylic acids is 1. The summed E-state index contributed by atoms with van der Waals surface area (Å²) in [6.45, 7) is 6.41. The molecule has 3 aromatic rings. The molecule has 1 atom stereocenters. The van der Waals surface area contributed by atoms with Crippen molar-refractivity contribution in [2.24, 2.45) is 0 Å². The largest absolute Gasteiger partial charge is 0.492 e. The highest BCUT2D eigenvalue weighted by Crippen LogP contribution is 2.37. The van der Waals surface area contributed by atoms with Gasteiger partial charge in [0, 0.05) is 32.0 Å². The first-order valence-electron chi connectivity index (χ1n) is 13.8. The first kappa shape index (κ1) is 27.7. The summed E-state index contributed by atoms with van der Waals surface area (Å²) < 4.78 is 6.05. The number of rotatable bonds is 10. The van der Waals surface area contributed by atoms with Crippen molar-refractivity contribution in [1.82, 2.24) is 4.90 Å². The zero-order valence-corrected chi connectivity index (χ0v) is 23.9. The Labute approximate surface area is 229 Å². The molecule has 0 saturated carbocycles. The quantitative estimate of drug-likeness (QED) is 0.311. The molecule has 0 radical (unpaired) electrons. The Morgan fingerprint density at radius 2 is 1.61 bits per heavy atom. The topological polar surface area (TPSA) is 36.0 Å². The molecule has 4 rings (SSSR count). The Kier molecular flexibility index (Phi) is 9.11. The van der Waals surface area contributed by atoms with Crippen molar-refractivity contribution in [2.45, 2.75) is 51.5 Å². The van der Waals surface area contributed by atoms with E-state index in [1.54, 1.807) is 0 Å². The molecule has 1 aliphatic carbocycles. The van der Waals surface area contributed by atoms with E-state index in [-0.39, 0.29) is 11.8 Å². The van der Waals surface area contributed by atoms with Gasteiger partial charge >= 0.3 is 0 Å². The number of carbonyl (C=O) groups is 1. The smallest absolute Gasteiger partial charge is 0.234 e. The van der Waals surface area contributed by atoms with Crippen LogP contribution in [0.15, 0.2) is 66.7 Å². The van der Waals surface area contributed by atoms with Crippen LogP contribution >= 0.6 is 0 Å². The van der Waals surface area contributed by atoms with E-state index in [1.807, 2.05) is 33.1 Å². The molecule has 1 unspecified atom stereocenters. The predicted molar refractivity (Wildman–Crippen MR) is 159 cm³/mol. The van der Waals surface area contributed by atoms with Gasteiger partial charge in [-0.2, -0.15) is 0 Å². The third-order valence-electron chi connectivity index (χ3n) is 7.47. The van der Waals surface area contributed by atoms with Crippen molar-refractivity contribution in [2.75, 3.05) is 51.1 Å². The van der Waals surface area contributed by atoms with Crippen LogP contribution in [0.3, 0.4) is 0 Å².